The molecule has 1 aromatic rings. The Bertz CT molecular complexity index is 394. The molecule has 0 radical (unpaired) electrons. The van der Waals surface area contributed by atoms with Crippen molar-refractivity contribution in [3.05, 3.63) is 29.8 Å². The van der Waals surface area contributed by atoms with Crippen molar-refractivity contribution >= 4 is 0 Å². The number of hydrogen-bond donors (Lipinski definition) is 1. The zero-order chi connectivity index (χ0) is 13.7. The zero-order valence-corrected chi connectivity index (χ0v) is 12.0. The Morgan fingerprint density at radius 3 is 2.89 bits per heavy atom. The lowest BCUT2D eigenvalue weighted by molar-refractivity contribution is 0.0268. The van der Waals surface area contributed by atoms with E-state index in [1.54, 1.807) is 7.11 Å². The van der Waals surface area contributed by atoms with Gasteiger partial charge in [0, 0.05) is 19.0 Å². The summed E-state index contributed by atoms with van der Waals surface area (Å²) in [4.78, 5) is 2.47. The number of rotatable bonds is 5. The Morgan fingerprint density at radius 2 is 2.16 bits per heavy atom. The Labute approximate surface area is 116 Å². The van der Waals surface area contributed by atoms with Gasteiger partial charge < -0.3 is 14.7 Å². The van der Waals surface area contributed by atoms with Crippen LogP contribution in [0.4, 0.5) is 0 Å². The minimum Gasteiger partial charge on any atom is -0.496 e. The third-order valence-corrected chi connectivity index (χ3v) is 3.99. The fraction of sp³-hybridized carbons (Fsp3) is 0.625. The highest BCUT2D eigenvalue weighted by Crippen LogP contribution is 2.26. The van der Waals surface area contributed by atoms with Gasteiger partial charge in [-0.3, -0.25) is 0 Å². The lowest BCUT2D eigenvalue weighted by Gasteiger charge is -2.36. The van der Waals surface area contributed by atoms with Gasteiger partial charge in [0.05, 0.1) is 13.2 Å². The summed E-state index contributed by atoms with van der Waals surface area (Å²) in [6.07, 6.45) is 2.78. The van der Waals surface area contributed by atoms with Crippen molar-refractivity contribution in [3.63, 3.8) is 0 Å². The Balaban J connectivity index is 2.03. The summed E-state index contributed by atoms with van der Waals surface area (Å²) in [5.41, 5.74) is 1.20. The molecule has 0 spiro atoms. The number of para-hydroxylation sites is 1. The fourth-order valence-electron chi connectivity index (χ4n) is 2.97. The average molecular weight is 263 g/mol. The highest BCUT2D eigenvalue weighted by molar-refractivity contribution is 5.33. The van der Waals surface area contributed by atoms with Gasteiger partial charge in [-0.25, -0.2) is 0 Å². The monoisotopic (exact) mass is 263 g/mol. The molecule has 3 nitrogen and oxygen atoms in total. The lowest BCUT2D eigenvalue weighted by Crippen LogP contribution is -2.44. The molecule has 1 heterocycles. The molecule has 0 amide bonds. The molecular formula is C16H25NO2. The third kappa shape index (κ3) is 3.71. The summed E-state index contributed by atoms with van der Waals surface area (Å²) in [5.74, 6) is 1.25. The molecule has 106 valence electrons. The molecule has 1 aliphatic heterocycles. The number of aliphatic hydroxyl groups is 1. The van der Waals surface area contributed by atoms with Crippen LogP contribution in [-0.2, 0) is 6.42 Å². The van der Waals surface area contributed by atoms with Crippen LogP contribution >= 0.6 is 0 Å². The lowest BCUT2D eigenvalue weighted by atomic mass is 9.88. The second-order valence-corrected chi connectivity index (χ2v) is 5.43. The zero-order valence-electron chi connectivity index (χ0n) is 12.0. The van der Waals surface area contributed by atoms with E-state index in [0.29, 0.717) is 5.92 Å². The van der Waals surface area contributed by atoms with Crippen LogP contribution < -0.4 is 4.74 Å². The Hall–Kier alpha value is -1.06. The highest BCUT2D eigenvalue weighted by atomic mass is 16.5. The topological polar surface area (TPSA) is 32.7 Å². The van der Waals surface area contributed by atoms with Crippen molar-refractivity contribution in [2.45, 2.75) is 32.3 Å². The first kappa shape index (κ1) is 14.4. The number of aliphatic hydroxyl groups excluding tert-OH is 1. The van der Waals surface area contributed by atoms with E-state index in [1.807, 2.05) is 18.2 Å². The second-order valence-electron chi connectivity index (χ2n) is 5.43. The van der Waals surface area contributed by atoms with Crippen molar-refractivity contribution in [2.75, 3.05) is 26.7 Å². The largest absolute Gasteiger partial charge is 0.496 e. The summed E-state index contributed by atoms with van der Waals surface area (Å²) in [5, 5.41) is 10.2. The number of ether oxygens (including phenoxy) is 1. The van der Waals surface area contributed by atoms with Gasteiger partial charge in [0.1, 0.15) is 5.75 Å². The number of piperidine rings is 1. The first-order valence-corrected chi connectivity index (χ1v) is 7.27. The molecule has 1 aromatic carbocycles. The van der Waals surface area contributed by atoms with Gasteiger partial charge in [-0.1, -0.05) is 25.1 Å². The van der Waals surface area contributed by atoms with E-state index < -0.39 is 0 Å². The van der Waals surface area contributed by atoms with E-state index >= 15 is 0 Å². The van der Waals surface area contributed by atoms with Crippen LogP contribution in [0.15, 0.2) is 24.3 Å². The van der Waals surface area contributed by atoms with E-state index in [4.69, 9.17) is 4.74 Å². The number of likely N-dealkylation sites (tertiary alicyclic amines) is 1. The van der Waals surface area contributed by atoms with Gasteiger partial charge in [0.15, 0.2) is 0 Å². The van der Waals surface area contributed by atoms with E-state index in [-0.39, 0.29) is 6.10 Å². The molecule has 0 saturated carbocycles. The van der Waals surface area contributed by atoms with E-state index in [0.717, 1.165) is 38.2 Å². The molecule has 2 rings (SSSR count). The maximum absolute atomic E-state index is 10.2. The molecular weight excluding hydrogens is 238 g/mol. The summed E-state index contributed by atoms with van der Waals surface area (Å²) >= 11 is 0. The maximum atomic E-state index is 10.2. The molecule has 0 aromatic heterocycles. The normalized spacial score (nSPS) is 24.4. The Morgan fingerprint density at radius 1 is 1.37 bits per heavy atom. The number of hydrogen-bond acceptors (Lipinski definition) is 3. The summed E-state index contributed by atoms with van der Waals surface area (Å²) in [6.45, 7) is 5.36. The number of nitrogens with zero attached hydrogens (tertiary/aromatic N) is 1. The van der Waals surface area contributed by atoms with Crippen LogP contribution in [0, 0.1) is 5.92 Å². The first-order chi connectivity index (χ1) is 9.24. The minimum atomic E-state index is -0.182. The number of methoxy groups -OCH3 is 1. The van der Waals surface area contributed by atoms with Crippen LogP contribution in [-0.4, -0.2) is 42.9 Å². The molecule has 3 heteroatoms. The van der Waals surface area contributed by atoms with E-state index in [1.165, 1.54) is 12.0 Å². The molecule has 1 N–H and O–H groups in total. The standard InChI is InChI=1S/C16H25NO2/c1-3-9-17-10-8-15(18)14(12-17)11-13-6-4-5-7-16(13)19-2/h4-7,14-15,18H,3,8-12H2,1-2H3. The van der Waals surface area contributed by atoms with E-state index in [2.05, 4.69) is 17.9 Å². The molecule has 1 fully saturated rings. The van der Waals surface area contributed by atoms with Gasteiger partial charge in [0.25, 0.3) is 0 Å². The third-order valence-electron chi connectivity index (χ3n) is 3.99. The predicted octanol–water partition coefficient (Wildman–Crippen LogP) is 2.33. The molecule has 0 bridgehead atoms. The van der Waals surface area contributed by atoms with Gasteiger partial charge in [-0.2, -0.15) is 0 Å². The summed E-state index contributed by atoms with van der Waals surface area (Å²) in [6, 6.07) is 8.12. The molecule has 2 atom stereocenters. The molecule has 19 heavy (non-hydrogen) atoms. The van der Waals surface area contributed by atoms with Crippen molar-refractivity contribution in [3.8, 4) is 5.75 Å². The average Bonchev–Trinajstić information content (AvgIpc) is 2.43. The van der Waals surface area contributed by atoms with Crippen molar-refractivity contribution in [1.29, 1.82) is 0 Å². The van der Waals surface area contributed by atoms with Crippen molar-refractivity contribution in [1.82, 2.24) is 4.90 Å². The molecule has 0 aliphatic carbocycles. The quantitative estimate of drug-likeness (QED) is 0.885. The fourth-order valence-corrected chi connectivity index (χ4v) is 2.97. The van der Waals surface area contributed by atoms with Crippen molar-refractivity contribution < 1.29 is 9.84 Å². The van der Waals surface area contributed by atoms with Crippen LogP contribution in [0.5, 0.6) is 5.75 Å². The highest BCUT2D eigenvalue weighted by Gasteiger charge is 2.28. The summed E-state index contributed by atoms with van der Waals surface area (Å²) < 4.78 is 5.40. The van der Waals surface area contributed by atoms with Crippen LogP contribution in [0.2, 0.25) is 0 Å². The smallest absolute Gasteiger partial charge is 0.122 e. The van der Waals surface area contributed by atoms with Gasteiger partial charge in [-0.15, -0.1) is 0 Å². The molecule has 1 saturated heterocycles. The maximum Gasteiger partial charge on any atom is 0.122 e. The summed E-state index contributed by atoms with van der Waals surface area (Å²) in [7, 11) is 1.71. The van der Waals surface area contributed by atoms with Gasteiger partial charge in [-0.05, 0) is 37.4 Å². The van der Waals surface area contributed by atoms with Crippen LogP contribution in [0.25, 0.3) is 0 Å². The van der Waals surface area contributed by atoms with Crippen molar-refractivity contribution in [2.24, 2.45) is 5.92 Å². The molecule has 1 aliphatic rings. The minimum absolute atomic E-state index is 0.182. The Kier molecular flexibility index (Phi) is 5.23. The van der Waals surface area contributed by atoms with Crippen LogP contribution in [0.1, 0.15) is 25.3 Å². The molecule has 2 unspecified atom stereocenters. The van der Waals surface area contributed by atoms with Crippen LogP contribution in [0.3, 0.4) is 0 Å². The van der Waals surface area contributed by atoms with Gasteiger partial charge >= 0.3 is 0 Å². The number of benzene rings is 1. The predicted molar refractivity (Wildman–Crippen MR) is 77.5 cm³/mol. The van der Waals surface area contributed by atoms with Gasteiger partial charge in [0.2, 0.25) is 0 Å². The second kappa shape index (κ2) is 6.92. The SMILES string of the molecule is CCCN1CCC(O)C(Cc2ccccc2OC)C1. The van der Waals surface area contributed by atoms with E-state index in [9.17, 15) is 5.11 Å². The first-order valence-electron chi connectivity index (χ1n) is 7.27.